The summed E-state index contributed by atoms with van der Waals surface area (Å²) in [5.74, 6) is -0.655. The zero-order valence-electron chi connectivity index (χ0n) is 22.8. The van der Waals surface area contributed by atoms with Crippen molar-refractivity contribution in [3.63, 3.8) is 0 Å². The second-order valence-electron chi connectivity index (χ2n) is 9.12. The van der Waals surface area contributed by atoms with E-state index in [4.69, 9.17) is 9.72 Å². The van der Waals surface area contributed by atoms with Gasteiger partial charge in [0.2, 0.25) is 0 Å². The molecule has 0 aliphatic carbocycles. The smallest absolute Gasteiger partial charge is 0.336 e. The Morgan fingerprint density at radius 1 is 1.00 bits per heavy atom. The minimum atomic E-state index is -3.31. The number of carbonyl (C=O) groups is 1. The lowest BCUT2D eigenvalue weighted by Gasteiger charge is -2.19. The highest BCUT2D eigenvalue weighted by atomic mass is 32.2. The van der Waals surface area contributed by atoms with Gasteiger partial charge in [0.25, 0.3) is 0 Å². The average molecular weight is 562 g/mol. The molecule has 5 aromatic rings. The van der Waals surface area contributed by atoms with E-state index >= 15 is 0 Å². The van der Waals surface area contributed by atoms with Crippen LogP contribution in [0.5, 0.6) is 5.75 Å². The van der Waals surface area contributed by atoms with Crippen LogP contribution in [0.3, 0.4) is 0 Å². The van der Waals surface area contributed by atoms with E-state index in [9.17, 15) is 18.3 Å². The van der Waals surface area contributed by atoms with Crippen LogP contribution in [0, 0.1) is 13.8 Å². The van der Waals surface area contributed by atoms with E-state index in [2.05, 4.69) is 12.1 Å². The number of ether oxygens (including phenoxy) is 1. The standard InChI is InChI=1S/C29H25NO5S2.C2H6/c1-16-9-14-24(35-18(3)19-10-12-20(13-11-19)37(4,33)34)26-22(29(31)32)15-23(30-27(16)26)28-17(2)21-7-5-6-8-25(21)36-28;1-2/h5-15,18H,1-4H3,(H,31,32);1-2H3. The lowest BCUT2D eigenvalue weighted by molar-refractivity contribution is 0.0698. The summed E-state index contributed by atoms with van der Waals surface area (Å²) < 4.78 is 31.0. The van der Waals surface area contributed by atoms with Gasteiger partial charge < -0.3 is 9.84 Å². The van der Waals surface area contributed by atoms with Crippen molar-refractivity contribution < 1.29 is 23.1 Å². The first-order chi connectivity index (χ1) is 18.5. The van der Waals surface area contributed by atoms with Crippen LogP contribution in [0.2, 0.25) is 0 Å². The highest BCUT2D eigenvalue weighted by molar-refractivity contribution is 7.90. The van der Waals surface area contributed by atoms with Crippen LogP contribution in [0.15, 0.2) is 71.6 Å². The number of hydrogen-bond acceptors (Lipinski definition) is 6. The molecular weight excluding hydrogens is 530 g/mol. The van der Waals surface area contributed by atoms with Crippen molar-refractivity contribution in [2.24, 2.45) is 0 Å². The van der Waals surface area contributed by atoms with Crippen LogP contribution in [-0.4, -0.2) is 30.7 Å². The summed E-state index contributed by atoms with van der Waals surface area (Å²) in [4.78, 5) is 18.6. The number of carboxylic acids is 1. The summed E-state index contributed by atoms with van der Waals surface area (Å²) in [5.41, 5.74) is 3.99. The number of fused-ring (bicyclic) bond motifs is 2. The van der Waals surface area contributed by atoms with Gasteiger partial charge in [-0.2, -0.15) is 0 Å². The fraction of sp³-hybridized carbons (Fsp3) is 0.226. The SMILES string of the molecule is CC.Cc1c(-c2cc(C(=O)O)c3c(OC(C)c4ccc(S(C)(=O)=O)cc4)ccc(C)c3n2)sc2ccccc12. The second kappa shape index (κ2) is 11.2. The van der Waals surface area contributed by atoms with E-state index in [1.54, 1.807) is 47.7 Å². The predicted molar refractivity (Wildman–Crippen MR) is 159 cm³/mol. The molecule has 0 amide bonds. The molecule has 1 unspecified atom stereocenters. The number of benzene rings is 3. The molecular formula is C31H31NO5S2. The molecule has 3 aromatic carbocycles. The lowest BCUT2D eigenvalue weighted by atomic mass is 10.0. The molecule has 39 heavy (non-hydrogen) atoms. The summed E-state index contributed by atoms with van der Waals surface area (Å²) in [7, 11) is -3.31. The summed E-state index contributed by atoms with van der Waals surface area (Å²) in [5, 5.41) is 11.8. The lowest BCUT2D eigenvalue weighted by Crippen LogP contribution is -2.07. The largest absolute Gasteiger partial charge is 0.485 e. The number of hydrogen-bond donors (Lipinski definition) is 1. The molecule has 0 spiro atoms. The summed E-state index contributed by atoms with van der Waals surface area (Å²) in [6, 6.07) is 19.8. The number of nitrogens with zero attached hydrogens (tertiary/aromatic N) is 1. The van der Waals surface area contributed by atoms with Gasteiger partial charge in [-0.05, 0) is 73.2 Å². The van der Waals surface area contributed by atoms with Gasteiger partial charge in [0, 0.05) is 11.0 Å². The van der Waals surface area contributed by atoms with Gasteiger partial charge in [0.05, 0.1) is 31.9 Å². The molecule has 2 aromatic heterocycles. The van der Waals surface area contributed by atoms with Crippen molar-refractivity contribution in [2.75, 3.05) is 6.26 Å². The van der Waals surface area contributed by atoms with Crippen LogP contribution in [0.25, 0.3) is 31.6 Å². The Kier molecular flexibility index (Phi) is 8.09. The number of aromatic nitrogens is 1. The Balaban J connectivity index is 0.00000172. The van der Waals surface area contributed by atoms with Crippen LogP contribution in [0.4, 0.5) is 0 Å². The number of aryl methyl sites for hydroxylation is 2. The van der Waals surface area contributed by atoms with Crippen molar-refractivity contribution in [3.8, 4) is 16.3 Å². The van der Waals surface area contributed by atoms with Crippen LogP contribution in [-0.2, 0) is 9.84 Å². The molecule has 0 aliphatic rings. The molecule has 0 saturated carbocycles. The molecule has 5 rings (SSSR count). The van der Waals surface area contributed by atoms with Crippen LogP contribution >= 0.6 is 11.3 Å². The van der Waals surface area contributed by atoms with Crippen LogP contribution in [0.1, 0.15) is 53.9 Å². The predicted octanol–water partition coefficient (Wildman–Crippen LogP) is 8.00. The quantitative estimate of drug-likeness (QED) is 0.226. The monoisotopic (exact) mass is 561 g/mol. The van der Waals surface area contributed by atoms with Gasteiger partial charge in [-0.1, -0.05) is 50.2 Å². The summed E-state index contributed by atoms with van der Waals surface area (Å²) in [6.45, 7) is 9.77. The summed E-state index contributed by atoms with van der Waals surface area (Å²) >= 11 is 1.60. The number of sulfone groups is 1. The first-order valence-corrected chi connectivity index (χ1v) is 15.4. The van der Waals surface area contributed by atoms with Gasteiger partial charge in [-0.3, -0.25) is 0 Å². The molecule has 1 N–H and O–H groups in total. The van der Waals surface area contributed by atoms with Crippen molar-refractivity contribution in [2.45, 2.75) is 45.6 Å². The van der Waals surface area contributed by atoms with E-state index in [-0.39, 0.29) is 10.5 Å². The Morgan fingerprint density at radius 3 is 2.28 bits per heavy atom. The second-order valence-corrected chi connectivity index (χ2v) is 12.2. The van der Waals surface area contributed by atoms with Crippen molar-refractivity contribution in [3.05, 3.63) is 89.0 Å². The highest BCUT2D eigenvalue weighted by Crippen LogP contribution is 2.41. The highest BCUT2D eigenvalue weighted by Gasteiger charge is 2.22. The Bertz CT molecular complexity index is 1790. The minimum absolute atomic E-state index is 0.121. The van der Waals surface area contributed by atoms with Crippen molar-refractivity contribution >= 4 is 48.1 Å². The summed E-state index contributed by atoms with van der Waals surface area (Å²) in [6.07, 6.45) is 0.709. The molecule has 0 radical (unpaired) electrons. The van der Waals surface area contributed by atoms with Crippen molar-refractivity contribution in [1.29, 1.82) is 0 Å². The maximum absolute atomic E-state index is 12.5. The third-order valence-electron chi connectivity index (χ3n) is 6.51. The van der Waals surface area contributed by atoms with Crippen LogP contribution < -0.4 is 4.74 Å². The maximum Gasteiger partial charge on any atom is 0.336 e. The topological polar surface area (TPSA) is 93.6 Å². The van der Waals surface area contributed by atoms with Gasteiger partial charge in [0.15, 0.2) is 9.84 Å². The Labute approximate surface area is 232 Å². The van der Waals surface area contributed by atoms with E-state index in [1.165, 1.54) is 0 Å². The number of thiophene rings is 1. The molecule has 0 bridgehead atoms. The number of aromatic carboxylic acids is 1. The zero-order valence-corrected chi connectivity index (χ0v) is 24.4. The van der Waals surface area contributed by atoms with Gasteiger partial charge >= 0.3 is 5.97 Å². The number of pyridine rings is 1. The van der Waals surface area contributed by atoms with Gasteiger partial charge in [-0.25, -0.2) is 18.2 Å². The molecule has 0 saturated heterocycles. The average Bonchev–Trinajstić information content (AvgIpc) is 3.26. The zero-order chi connectivity index (χ0) is 28.5. The Hall–Kier alpha value is -3.75. The fourth-order valence-corrected chi connectivity index (χ4v) is 6.29. The molecule has 2 heterocycles. The van der Waals surface area contributed by atoms with Gasteiger partial charge in [0.1, 0.15) is 11.9 Å². The van der Waals surface area contributed by atoms with E-state index in [1.807, 2.05) is 52.8 Å². The third-order valence-corrected chi connectivity index (χ3v) is 8.94. The fourth-order valence-electron chi connectivity index (χ4n) is 4.49. The number of rotatable bonds is 6. The Morgan fingerprint density at radius 2 is 1.67 bits per heavy atom. The first-order valence-electron chi connectivity index (χ1n) is 12.7. The number of carboxylic acid groups (broad SMARTS) is 1. The molecule has 0 aliphatic heterocycles. The van der Waals surface area contributed by atoms with E-state index in [0.29, 0.717) is 22.3 Å². The first kappa shape index (κ1) is 28.3. The normalized spacial score (nSPS) is 12.2. The van der Waals surface area contributed by atoms with E-state index in [0.717, 1.165) is 37.9 Å². The maximum atomic E-state index is 12.5. The van der Waals surface area contributed by atoms with E-state index < -0.39 is 21.9 Å². The molecule has 6 nitrogen and oxygen atoms in total. The van der Waals surface area contributed by atoms with Crippen molar-refractivity contribution in [1.82, 2.24) is 4.98 Å². The minimum Gasteiger partial charge on any atom is -0.485 e. The molecule has 8 heteroatoms. The third kappa shape index (κ3) is 5.53. The molecule has 1 atom stereocenters. The van der Waals surface area contributed by atoms with Gasteiger partial charge in [-0.15, -0.1) is 11.3 Å². The molecule has 202 valence electrons. The molecule has 0 fully saturated rings.